The zero-order chi connectivity index (χ0) is 21.1. The third kappa shape index (κ3) is 4.15. The molecule has 1 aromatic rings. The molecule has 0 saturated carbocycles. The zero-order valence-electron chi connectivity index (χ0n) is 17.1. The molecule has 0 radical (unpaired) electrons. The Kier molecular flexibility index (Phi) is 5.97. The fraction of sp³-hybridized carbons (Fsp3) is 0.478. The van der Waals surface area contributed by atoms with Crippen LogP contribution in [0.1, 0.15) is 62.1 Å². The first-order valence-corrected chi connectivity index (χ1v) is 10.8. The molecule has 158 valence electrons. The number of fused-ring (bicyclic) bond motifs is 1. The van der Waals surface area contributed by atoms with Gasteiger partial charge in [0.2, 0.25) is 5.91 Å². The van der Waals surface area contributed by atoms with Gasteiger partial charge < -0.3 is 5.32 Å². The van der Waals surface area contributed by atoms with Crippen LogP contribution in [0.4, 0.5) is 4.79 Å². The van der Waals surface area contributed by atoms with E-state index < -0.39 is 30.3 Å². The highest BCUT2D eigenvalue weighted by Gasteiger charge is 2.45. The molecule has 4 rings (SSSR count). The fourth-order valence-corrected chi connectivity index (χ4v) is 4.56. The molecule has 0 spiro atoms. The van der Waals surface area contributed by atoms with Crippen molar-refractivity contribution in [1.82, 2.24) is 15.1 Å². The van der Waals surface area contributed by atoms with Gasteiger partial charge in [-0.2, -0.15) is 0 Å². The molecule has 1 N–H and O–H groups in total. The molecule has 7 nitrogen and oxygen atoms in total. The normalized spacial score (nSPS) is 21.5. The van der Waals surface area contributed by atoms with Crippen molar-refractivity contribution in [2.45, 2.75) is 57.4 Å². The summed E-state index contributed by atoms with van der Waals surface area (Å²) < 4.78 is 0. The molecule has 3 aliphatic rings. The first kappa shape index (κ1) is 20.3. The van der Waals surface area contributed by atoms with Crippen molar-refractivity contribution in [2.75, 3.05) is 13.1 Å². The van der Waals surface area contributed by atoms with Crippen molar-refractivity contribution in [3.63, 3.8) is 0 Å². The Morgan fingerprint density at radius 2 is 1.80 bits per heavy atom. The van der Waals surface area contributed by atoms with Crippen molar-refractivity contribution in [3.8, 4) is 0 Å². The molecule has 5 amide bonds. The zero-order valence-corrected chi connectivity index (χ0v) is 17.1. The number of carbonyl (C=O) groups excluding carboxylic acids is 4. The maximum Gasteiger partial charge on any atom is 0.334 e. The lowest BCUT2D eigenvalue weighted by molar-refractivity contribution is -0.144. The van der Waals surface area contributed by atoms with E-state index in [2.05, 4.69) is 17.5 Å². The van der Waals surface area contributed by atoms with Gasteiger partial charge in [0.1, 0.15) is 6.54 Å². The number of rotatable bonds is 6. The number of benzene rings is 1. The van der Waals surface area contributed by atoms with E-state index in [-0.39, 0.29) is 12.6 Å². The summed E-state index contributed by atoms with van der Waals surface area (Å²) >= 11 is 0. The minimum absolute atomic E-state index is 0.139. The summed E-state index contributed by atoms with van der Waals surface area (Å²) in [5, 5.41) is 2.93. The Balaban J connectivity index is 1.36. The Morgan fingerprint density at radius 1 is 1.00 bits per heavy atom. The topological polar surface area (TPSA) is 86.8 Å². The number of hydrogen-bond acceptors (Lipinski definition) is 4. The molecular weight excluding hydrogens is 382 g/mol. The van der Waals surface area contributed by atoms with E-state index in [0.29, 0.717) is 6.42 Å². The molecule has 1 aromatic carbocycles. The number of imide groups is 2. The molecule has 7 heteroatoms. The lowest BCUT2D eigenvalue weighted by Gasteiger charge is -2.27. The lowest BCUT2D eigenvalue weighted by Crippen LogP contribution is -2.43. The van der Waals surface area contributed by atoms with E-state index in [1.165, 1.54) is 11.1 Å². The number of aryl methyl sites for hydroxylation is 1. The molecule has 1 heterocycles. The van der Waals surface area contributed by atoms with Crippen LogP contribution < -0.4 is 5.32 Å². The maximum absolute atomic E-state index is 12.6. The van der Waals surface area contributed by atoms with Gasteiger partial charge in [-0.05, 0) is 62.5 Å². The molecule has 1 fully saturated rings. The first-order chi connectivity index (χ1) is 14.5. The Labute approximate surface area is 176 Å². The Bertz CT molecular complexity index is 907. The predicted molar refractivity (Wildman–Crippen MR) is 110 cm³/mol. The van der Waals surface area contributed by atoms with E-state index in [4.69, 9.17) is 0 Å². The summed E-state index contributed by atoms with van der Waals surface area (Å²) in [5.41, 5.74) is 3.51. The first-order valence-electron chi connectivity index (χ1n) is 10.8. The van der Waals surface area contributed by atoms with Gasteiger partial charge in [0.25, 0.3) is 0 Å². The number of allylic oxidation sites excluding steroid dienone is 1. The molecular formula is C23H27N3O4. The van der Waals surface area contributed by atoms with Crippen LogP contribution in [-0.4, -0.2) is 46.6 Å². The monoisotopic (exact) mass is 409 g/mol. The van der Waals surface area contributed by atoms with Gasteiger partial charge in [0.15, 0.2) is 0 Å². The van der Waals surface area contributed by atoms with Gasteiger partial charge in [-0.25, -0.2) is 9.69 Å². The van der Waals surface area contributed by atoms with Crippen LogP contribution >= 0.6 is 0 Å². The lowest BCUT2D eigenvalue weighted by atomic mass is 9.88. The molecule has 1 saturated heterocycles. The summed E-state index contributed by atoms with van der Waals surface area (Å²) in [6.07, 6.45) is 9.77. The molecule has 1 unspecified atom stereocenters. The van der Waals surface area contributed by atoms with Gasteiger partial charge in [-0.15, -0.1) is 0 Å². The second-order valence-corrected chi connectivity index (χ2v) is 8.20. The SMILES string of the molecule is O=C(CN1C(=O)C(=O)N(CCC2=CCCCC2)C1=O)NC1CCCc2ccccc21. The molecule has 0 bridgehead atoms. The van der Waals surface area contributed by atoms with Gasteiger partial charge in [-0.3, -0.25) is 19.3 Å². The Morgan fingerprint density at radius 3 is 2.60 bits per heavy atom. The second kappa shape index (κ2) is 8.81. The third-order valence-electron chi connectivity index (χ3n) is 6.18. The predicted octanol–water partition coefficient (Wildman–Crippen LogP) is 2.86. The number of carbonyl (C=O) groups is 4. The summed E-state index contributed by atoms with van der Waals surface area (Å²) in [6, 6.07) is 7.14. The van der Waals surface area contributed by atoms with E-state index in [1.54, 1.807) is 0 Å². The van der Waals surface area contributed by atoms with Crippen molar-refractivity contribution in [1.29, 1.82) is 0 Å². The van der Waals surface area contributed by atoms with Crippen LogP contribution in [0.15, 0.2) is 35.9 Å². The number of nitrogens with zero attached hydrogens (tertiary/aromatic N) is 2. The van der Waals surface area contributed by atoms with Crippen LogP contribution in [0.2, 0.25) is 0 Å². The van der Waals surface area contributed by atoms with Gasteiger partial charge in [0.05, 0.1) is 6.04 Å². The maximum atomic E-state index is 12.6. The third-order valence-corrected chi connectivity index (χ3v) is 6.18. The van der Waals surface area contributed by atoms with E-state index in [0.717, 1.165) is 60.3 Å². The quantitative estimate of drug-likeness (QED) is 0.445. The van der Waals surface area contributed by atoms with Crippen molar-refractivity contribution in [2.24, 2.45) is 0 Å². The minimum Gasteiger partial charge on any atom is -0.348 e. The molecule has 1 atom stereocenters. The van der Waals surface area contributed by atoms with Crippen LogP contribution in [0.25, 0.3) is 0 Å². The summed E-state index contributed by atoms with van der Waals surface area (Å²) in [4.78, 5) is 51.6. The van der Waals surface area contributed by atoms with Gasteiger partial charge in [-0.1, -0.05) is 35.9 Å². The standard InChI is InChI=1S/C23H27N3O4/c27-20(24-19-12-6-10-17-9-4-5-11-18(17)19)15-26-22(29)21(28)25(23(26)30)14-13-16-7-2-1-3-8-16/h4-5,7,9,11,19H,1-3,6,8,10,12-15H2,(H,24,27). The molecule has 2 aliphatic carbocycles. The highest BCUT2D eigenvalue weighted by molar-refractivity contribution is 6.45. The molecule has 0 aromatic heterocycles. The van der Waals surface area contributed by atoms with Crippen LogP contribution in [0.5, 0.6) is 0 Å². The number of amides is 5. The van der Waals surface area contributed by atoms with E-state index in [9.17, 15) is 19.2 Å². The average molecular weight is 409 g/mol. The van der Waals surface area contributed by atoms with Crippen LogP contribution in [0, 0.1) is 0 Å². The molecule has 1 aliphatic heterocycles. The number of hydrogen-bond donors (Lipinski definition) is 1. The van der Waals surface area contributed by atoms with Crippen LogP contribution in [-0.2, 0) is 20.8 Å². The summed E-state index contributed by atoms with van der Waals surface area (Å²) in [5.74, 6) is -2.19. The van der Waals surface area contributed by atoms with E-state index >= 15 is 0 Å². The number of urea groups is 1. The summed E-state index contributed by atoms with van der Waals surface area (Å²) in [6.45, 7) is -0.245. The fourth-order valence-electron chi connectivity index (χ4n) is 4.56. The van der Waals surface area contributed by atoms with Crippen molar-refractivity contribution >= 4 is 23.8 Å². The minimum atomic E-state index is -0.920. The molecule has 30 heavy (non-hydrogen) atoms. The number of nitrogens with one attached hydrogen (secondary N) is 1. The van der Waals surface area contributed by atoms with Crippen molar-refractivity contribution < 1.29 is 19.2 Å². The second-order valence-electron chi connectivity index (χ2n) is 8.20. The van der Waals surface area contributed by atoms with Crippen LogP contribution in [0.3, 0.4) is 0 Å². The van der Waals surface area contributed by atoms with Gasteiger partial charge >= 0.3 is 17.8 Å². The Hall–Kier alpha value is -2.96. The smallest absolute Gasteiger partial charge is 0.334 e. The van der Waals surface area contributed by atoms with Gasteiger partial charge in [0, 0.05) is 6.54 Å². The van der Waals surface area contributed by atoms with Crippen molar-refractivity contribution in [3.05, 3.63) is 47.0 Å². The highest BCUT2D eigenvalue weighted by Crippen LogP contribution is 2.29. The highest BCUT2D eigenvalue weighted by atomic mass is 16.2. The average Bonchev–Trinajstić information content (AvgIpc) is 2.96. The van der Waals surface area contributed by atoms with E-state index in [1.807, 2.05) is 18.2 Å². The summed E-state index contributed by atoms with van der Waals surface area (Å²) in [7, 11) is 0. The largest absolute Gasteiger partial charge is 0.348 e.